The fourth-order valence-corrected chi connectivity index (χ4v) is 4.01. The summed E-state index contributed by atoms with van der Waals surface area (Å²) in [6, 6.07) is 13.4. The van der Waals surface area contributed by atoms with Gasteiger partial charge in [-0.15, -0.1) is 0 Å². The number of aryl methyl sites for hydroxylation is 1. The van der Waals surface area contributed by atoms with Crippen molar-refractivity contribution in [3.05, 3.63) is 83.3 Å². The van der Waals surface area contributed by atoms with E-state index in [0.29, 0.717) is 22.2 Å². The number of aromatic nitrogens is 6. The SMILES string of the molecule is Cc1cn(-c2ccc(Nc3cc(C(C)C)nn4cc(-c5ccccc5Cl)nc34)nc2CO)cn1. The maximum atomic E-state index is 9.96. The smallest absolute Gasteiger partial charge is 0.177 e. The van der Waals surface area contributed by atoms with Crippen molar-refractivity contribution in [2.45, 2.75) is 33.3 Å². The van der Waals surface area contributed by atoms with Crippen LogP contribution in [-0.2, 0) is 6.61 Å². The average molecular weight is 474 g/mol. The predicted molar refractivity (Wildman–Crippen MR) is 133 cm³/mol. The number of imidazole rings is 2. The third-order valence-corrected chi connectivity index (χ3v) is 5.87. The molecule has 0 atom stereocenters. The van der Waals surface area contributed by atoms with Crippen LogP contribution in [0.2, 0.25) is 5.02 Å². The maximum Gasteiger partial charge on any atom is 0.177 e. The number of fused-ring (bicyclic) bond motifs is 1. The van der Waals surface area contributed by atoms with E-state index in [9.17, 15) is 5.11 Å². The molecule has 5 aromatic rings. The van der Waals surface area contributed by atoms with E-state index >= 15 is 0 Å². The Balaban J connectivity index is 1.58. The number of hydrogen-bond donors (Lipinski definition) is 2. The van der Waals surface area contributed by atoms with E-state index in [0.717, 1.165) is 34.0 Å². The molecule has 0 aliphatic rings. The molecular weight excluding hydrogens is 450 g/mol. The summed E-state index contributed by atoms with van der Waals surface area (Å²) < 4.78 is 3.62. The molecule has 0 fully saturated rings. The first kappa shape index (κ1) is 22.1. The third-order valence-electron chi connectivity index (χ3n) is 5.54. The number of rotatable bonds is 6. The summed E-state index contributed by atoms with van der Waals surface area (Å²) in [6.07, 6.45) is 5.48. The van der Waals surface area contributed by atoms with Gasteiger partial charge in [-0.25, -0.2) is 19.5 Å². The van der Waals surface area contributed by atoms with Crippen LogP contribution in [0.3, 0.4) is 0 Å². The lowest BCUT2D eigenvalue weighted by Gasteiger charge is -2.13. The van der Waals surface area contributed by atoms with Gasteiger partial charge in [0.15, 0.2) is 5.65 Å². The van der Waals surface area contributed by atoms with E-state index in [1.54, 1.807) is 10.8 Å². The van der Waals surface area contributed by atoms with Gasteiger partial charge in [0.1, 0.15) is 5.82 Å². The van der Waals surface area contributed by atoms with Gasteiger partial charge in [0.25, 0.3) is 0 Å². The Morgan fingerprint density at radius 3 is 2.62 bits per heavy atom. The van der Waals surface area contributed by atoms with Crippen molar-refractivity contribution >= 4 is 28.8 Å². The van der Waals surface area contributed by atoms with Crippen LogP contribution in [-0.4, -0.2) is 34.2 Å². The van der Waals surface area contributed by atoms with Crippen LogP contribution in [0, 0.1) is 6.92 Å². The van der Waals surface area contributed by atoms with Crippen molar-refractivity contribution in [1.29, 1.82) is 0 Å². The van der Waals surface area contributed by atoms with E-state index in [2.05, 4.69) is 29.1 Å². The fraction of sp³-hybridized carbons (Fsp3) is 0.200. The second-order valence-corrected chi connectivity index (χ2v) is 8.79. The van der Waals surface area contributed by atoms with E-state index in [1.807, 2.05) is 66.3 Å². The molecule has 0 spiro atoms. The van der Waals surface area contributed by atoms with Gasteiger partial charge >= 0.3 is 0 Å². The van der Waals surface area contributed by atoms with Crippen molar-refractivity contribution in [1.82, 2.24) is 29.1 Å². The first-order valence-corrected chi connectivity index (χ1v) is 11.3. The lowest BCUT2D eigenvalue weighted by atomic mass is 10.1. The molecule has 0 aliphatic heterocycles. The molecule has 5 rings (SSSR count). The molecule has 0 aliphatic carbocycles. The van der Waals surface area contributed by atoms with Crippen molar-refractivity contribution in [2.75, 3.05) is 5.32 Å². The summed E-state index contributed by atoms with van der Waals surface area (Å²) >= 11 is 6.41. The maximum absolute atomic E-state index is 9.96. The van der Waals surface area contributed by atoms with Crippen LogP contribution in [0.5, 0.6) is 0 Å². The van der Waals surface area contributed by atoms with Crippen LogP contribution in [0.25, 0.3) is 22.6 Å². The van der Waals surface area contributed by atoms with Crippen molar-refractivity contribution in [3.8, 4) is 16.9 Å². The second-order valence-electron chi connectivity index (χ2n) is 8.38. The molecule has 34 heavy (non-hydrogen) atoms. The molecule has 8 nitrogen and oxygen atoms in total. The number of benzene rings is 1. The van der Waals surface area contributed by atoms with Gasteiger partial charge in [0, 0.05) is 11.8 Å². The summed E-state index contributed by atoms with van der Waals surface area (Å²) in [7, 11) is 0. The topological polar surface area (TPSA) is 93.2 Å². The van der Waals surface area contributed by atoms with Crippen molar-refractivity contribution in [2.24, 2.45) is 0 Å². The molecule has 0 saturated heterocycles. The number of nitrogens with zero attached hydrogens (tertiary/aromatic N) is 6. The fourth-order valence-electron chi connectivity index (χ4n) is 3.78. The quantitative estimate of drug-likeness (QED) is 0.347. The molecule has 0 radical (unpaired) electrons. The van der Waals surface area contributed by atoms with Gasteiger partial charge in [0.2, 0.25) is 0 Å². The van der Waals surface area contributed by atoms with Gasteiger partial charge in [-0.2, -0.15) is 5.10 Å². The molecule has 4 aromatic heterocycles. The highest BCUT2D eigenvalue weighted by Crippen LogP contribution is 2.31. The highest BCUT2D eigenvalue weighted by atomic mass is 35.5. The van der Waals surface area contributed by atoms with E-state index in [4.69, 9.17) is 21.7 Å². The van der Waals surface area contributed by atoms with Gasteiger partial charge < -0.3 is 15.0 Å². The zero-order valence-electron chi connectivity index (χ0n) is 19.1. The number of aliphatic hydroxyl groups excluding tert-OH is 1. The number of pyridine rings is 1. The second kappa shape index (κ2) is 8.89. The Morgan fingerprint density at radius 2 is 1.91 bits per heavy atom. The monoisotopic (exact) mass is 473 g/mol. The summed E-state index contributed by atoms with van der Waals surface area (Å²) in [5.41, 5.74) is 6.10. The van der Waals surface area contributed by atoms with E-state index in [1.165, 1.54) is 0 Å². The Labute approximate surface area is 201 Å². The van der Waals surface area contributed by atoms with Crippen LogP contribution >= 0.6 is 11.6 Å². The molecule has 1 aromatic carbocycles. The minimum atomic E-state index is -0.203. The standard InChI is InChI=1S/C25H24ClN7O/c1-15(2)19-10-20(25-30-21(12-33(25)31-19)17-6-4-5-7-18(17)26)28-24-9-8-23(22(13-34)29-24)32-11-16(3)27-14-32/h4-12,14-15,34H,13H2,1-3H3,(H,28,29). The van der Waals surface area contributed by atoms with Crippen LogP contribution in [0.4, 0.5) is 11.5 Å². The third kappa shape index (κ3) is 4.13. The molecule has 0 amide bonds. The zero-order chi connectivity index (χ0) is 23.8. The molecule has 172 valence electrons. The van der Waals surface area contributed by atoms with E-state index in [-0.39, 0.29) is 12.5 Å². The molecule has 4 heterocycles. The molecule has 0 bridgehead atoms. The Kier molecular flexibility index (Phi) is 5.77. The first-order valence-electron chi connectivity index (χ1n) is 11.0. The normalized spacial score (nSPS) is 11.5. The molecule has 0 saturated carbocycles. The van der Waals surface area contributed by atoms with Crippen molar-refractivity contribution < 1.29 is 5.11 Å². The molecule has 0 unspecified atom stereocenters. The highest BCUT2D eigenvalue weighted by molar-refractivity contribution is 6.33. The number of hydrogen-bond acceptors (Lipinski definition) is 6. The van der Waals surface area contributed by atoms with Gasteiger partial charge in [-0.05, 0) is 37.1 Å². The summed E-state index contributed by atoms with van der Waals surface area (Å²) in [5, 5.41) is 18.7. The number of aliphatic hydroxyl groups is 1. The molecule has 2 N–H and O–H groups in total. The van der Waals surface area contributed by atoms with Crippen molar-refractivity contribution in [3.63, 3.8) is 0 Å². The predicted octanol–water partition coefficient (Wildman–Crippen LogP) is 5.30. The lowest BCUT2D eigenvalue weighted by Crippen LogP contribution is -2.06. The largest absolute Gasteiger partial charge is 0.390 e. The highest BCUT2D eigenvalue weighted by Gasteiger charge is 2.16. The van der Waals surface area contributed by atoms with Crippen LogP contribution in [0.1, 0.15) is 36.8 Å². The van der Waals surface area contributed by atoms with E-state index < -0.39 is 0 Å². The average Bonchev–Trinajstić information content (AvgIpc) is 3.45. The lowest BCUT2D eigenvalue weighted by molar-refractivity contribution is 0.276. The van der Waals surface area contributed by atoms with Crippen LogP contribution < -0.4 is 5.32 Å². The summed E-state index contributed by atoms with van der Waals surface area (Å²) in [6.45, 7) is 5.90. The number of halogens is 1. The Morgan fingerprint density at radius 1 is 1.09 bits per heavy atom. The van der Waals surface area contributed by atoms with Crippen LogP contribution in [0.15, 0.2) is 61.2 Å². The minimum absolute atomic E-state index is 0.203. The summed E-state index contributed by atoms with van der Waals surface area (Å²) in [4.78, 5) is 13.7. The number of anilines is 2. The Hall–Kier alpha value is -3.75. The Bertz CT molecular complexity index is 1490. The molecule has 9 heteroatoms. The number of nitrogens with one attached hydrogen (secondary N) is 1. The molecular formula is C25H24ClN7O. The summed E-state index contributed by atoms with van der Waals surface area (Å²) in [5.74, 6) is 0.804. The van der Waals surface area contributed by atoms with Gasteiger partial charge in [-0.1, -0.05) is 43.6 Å². The van der Waals surface area contributed by atoms with Gasteiger partial charge in [-0.3, -0.25) is 0 Å². The minimum Gasteiger partial charge on any atom is -0.390 e. The first-order chi connectivity index (χ1) is 16.4. The zero-order valence-corrected chi connectivity index (χ0v) is 19.8. The van der Waals surface area contributed by atoms with Gasteiger partial charge in [0.05, 0.1) is 58.3 Å².